The summed E-state index contributed by atoms with van der Waals surface area (Å²) in [6.07, 6.45) is 1.34. The highest BCUT2D eigenvalue weighted by Gasteiger charge is 2.14. The summed E-state index contributed by atoms with van der Waals surface area (Å²) in [5, 5.41) is 6.66. The third-order valence-electron chi connectivity index (χ3n) is 3.43. The number of anilines is 1. The van der Waals surface area contributed by atoms with E-state index in [9.17, 15) is 14.4 Å². The molecule has 2 aromatic rings. The second-order valence-corrected chi connectivity index (χ2v) is 5.59. The Balaban J connectivity index is 1.93. The molecule has 0 aromatic heterocycles. The first kappa shape index (κ1) is 19.1. The van der Waals surface area contributed by atoms with Crippen molar-refractivity contribution in [2.75, 3.05) is 12.4 Å². The fraction of sp³-hybridized carbons (Fsp3) is 0.111. The minimum Gasteiger partial charge on any atom is -0.465 e. The number of ether oxygens (including phenoxy) is 1. The number of halogens is 1. The predicted molar refractivity (Wildman–Crippen MR) is 98.3 cm³/mol. The zero-order chi connectivity index (χ0) is 19.1. The molecular formula is C18H16ClN3O4. The van der Waals surface area contributed by atoms with Crippen molar-refractivity contribution in [2.45, 2.75) is 6.92 Å². The van der Waals surface area contributed by atoms with Crippen LogP contribution < -0.4 is 10.7 Å². The third-order valence-corrected chi connectivity index (χ3v) is 3.84. The van der Waals surface area contributed by atoms with Crippen LogP contribution >= 0.6 is 11.6 Å². The topological polar surface area (TPSA) is 96.9 Å². The molecule has 26 heavy (non-hydrogen) atoms. The maximum absolute atomic E-state index is 11.9. The quantitative estimate of drug-likeness (QED) is 0.372. The Morgan fingerprint density at radius 3 is 2.42 bits per heavy atom. The summed E-state index contributed by atoms with van der Waals surface area (Å²) in [6.45, 7) is 1.73. The third kappa shape index (κ3) is 4.90. The summed E-state index contributed by atoms with van der Waals surface area (Å²) >= 11 is 5.96. The molecule has 0 saturated heterocycles. The molecule has 0 radical (unpaired) electrons. The van der Waals surface area contributed by atoms with Gasteiger partial charge in [-0.25, -0.2) is 10.2 Å². The summed E-state index contributed by atoms with van der Waals surface area (Å²) in [6, 6.07) is 11.3. The molecule has 134 valence electrons. The highest BCUT2D eigenvalue weighted by molar-refractivity contribution is 6.40. The largest absolute Gasteiger partial charge is 0.465 e. The van der Waals surface area contributed by atoms with E-state index in [-0.39, 0.29) is 0 Å². The summed E-state index contributed by atoms with van der Waals surface area (Å²) < 4.78 is 4.60. The molecular weight excluding hydrogens is 358 g/mol. The van der Waals surface area contributed by atoms with Crippen LogP contribution in [-0.4, -0.2) is 31.1 Å². The molecule has 0 atom stereocenters. The van der Waals surface area contributed by atoms with E-state index in [1.165, 1.54) is 13.3 Å². The van der Waals surface area contributed by atoms with Gasteiger partial charge < -0.3 is 10.1 Å². The fourth-order valence-electron chi connectivity index (χ4n) is 1.96. The first-order chi connectivity index (χ1) is 12.4. The van der Waals surface area contributed by atoms with Gasteiger partial charge in [0, 0.05) is 10.7 Å². The van der Waals surface area contributed by atoms with Crippen LogP contribution in [0.2, 0.25) is 5.02 Å². The van der Waals surface area contributed by atoms with Gasteiger partial charge in [-0.1, -0.05) is 29.8 Å². The Morgan fingerprint density at radius 1 is 1.08 bits per heavy atom. The Hall–Kier alpha value is -3.19. The first-order valence-electron chi connectivity index (χ1n) is 7.50. The van der Waals surface area contributed by atoms with Crippen LogP contribution in [0, 0.1) is 6.92 Å². The SMILES string of the molecule is COC(=O)c1ccc(/C=N/NC(=O)C(=O)Nc2cccc(Cl)c2C)cc1. The van der Waals surface area contributed by atoms with Gasteiger partial charge in [-0.05, 0) is 42.3 Å². The lowest BCUT2D eigenvalue weighted by atomic mass is 10.1. The van der Waals surface area contributed by atoms with Crippen LogP contribution in [0.25, 0.3) is 0 Å². The monoisotopic (exact) mass is 373 g/mol. The Bertz CT molecular complexity index is 863. The maximum Gasteiger partial charge on any atom is 0.337 e. The Morgan fingerprint density at radius 2 is 1.77 bits per heavy atom. The van der Waals surface area contributed by atoms with Crippen molar-refractivity contribution in [2.24, 2.45) is 5.10 Å². The lowest BCUT2D eigenvalue weighted by Gasteiger charge is -2.08. The normalized spacial score (nSPS) is 10.4. The molecule has 2 aromatic carbocycles. The molecule has 7 nitrogen and oxygen atoms in total. The number of carbonyl (C=O) groups is 3. The fourth-order valence-corrected chi connectivity index (χ4v) is 2.14. The van der Waals surface area contributed by atoms with Gasteiger partial charge in [-0.15, -0.1) is 0 Å². The highest BCUT2D eigenvalue weighted by atomic mass is 35.5. The standard InChI is InChI=1S/C18H16ClN3O4/c1-11-14(19)4-3-5-15(11)21-16(23)17(24)22-20-10-12-6-8-13(9-7-12)18(25)26-2/h3-10H,1-2H3,(H,21,23)(H,22,24)/b20-10+. The van der Waals surface area contributed by atoms with Crippen LogP contribution in [0.1, 0.15) is 21.5 Å². The van der Waals surface area contributed by atoms with Gasteiger partial charge in [0.1, 0.15) is 0 Å². The second kappa shape index (κ2) is 8.77. The van der Waals surface area contributed by atoms with Gasteiger partial charge in [-0.3, -0.25) is 9.59 Å². The van der Waals surface area contributed by atoms with Crippen molar-refractivity contribution in [3.63, 3.8) is 0 Å². The number of hydrazone groups is 1. The van der Waals surface area contributed by atoms with Crippen LogP contribution in [0.5, 0.6) is 0 Å². The zero-order valence-corrected chi connectivity index (χ0v) is 14.8. The number of methoxy groups -OCH3 is 1. The van der Waals surface area contributed by atoms with Gasteiger partial charge in [0.25, 0.3) is 0 Å². The number of amides is 2. The highest BCUT2D eigenvalue weighted by Crippen LogP contribution is 2.22. The molecule has 2 amide bonds. The minimum absolute atomic E-state index is 0.393. The van der Waals surface area contributed by atoms with E-state index in [4.69, 9.17) is 11.6 Å². The van der Waals surface area contributed by atoms with Crippen molar-refractivity contribution in [1.82, 2.24) is 5.43 Å². The van der Waals surface area contributed by atoms with Crippen LogP contribution in [0.3, 0.4) is 0 Å². The van der Waals surface area contributed by atoms with Crippen LogP contribution in [0.4, 0.5) is 5.69 Å². The number of hydrogen-bond donors (Lipinski definition) is 2. The summed E-state index contributed by atoms with van der Waals surface area (Å²) in [7, 11) is 1.29. The summed E-state index contributed by atoms with van der Waals surface area (Å²) in [5.41, 5.74) is 4.25. The van der Waals surface area contributed by atoms with Crippen LogP contribution in [-0.2, 0) is 14.3 Å². The van der Waals surface area contributed by atoms with Gasteiger partial charge >= 0.3 is 17.8 Å². The van der Waals surface area contributed by atoms with E-state index in [2.05, 4.69) is 20.6 Å². The van der Waals surface area contributed by atoms with Gasteiger partial charge in [0.05, 0.1) is 18.9 Å². The van der Waals surface area contributed by atoms with Crippen molar-refractivity contribution >= 4 is 41.3 Å². The molecule has 0 aliphatic rings. The molecule has 2 rings (SSSR count). The van der Waals surface area contributed by atoms with E-state index in [1.54, 1.807) is 49.4 Å². The van der Waals surface area contributed by atoms with Crippen molar-refractivity contribution < 1.29 is 19.1 Å². The van der Waals surface area contributed by atoms with E-state index in [1.807, 2.05) is 0 Å². The molecule has 0 fully saturated rings. The predicted octanol–water partition coefficient (Wildman–Crippen LogP) is 2.52. The number of rotatable bonds is 4. The maximum atomic E-state index is 11.9. The molecule has 2 N–H and O–H groups in total. The molecule has 8 heteroatoms. The molecule has 0 saturated carbocycles. The number of benzene rings is 2. The molecule has 0 aliphatic carbocycles. The van der Waals surface area contributed by atoms with Crippen molar-refractivity contribution in [3.05, 3.63) is 64.2 Å². The number of esters is 1. The Labute approximate surface area is 155 Å². The van der Waals surface area contributed by atoms with Gasteiger partial charge in [0.15, 0.2) is 0 Å². The number of nitrogens with zero attached hydrogens (tertiary/aromatic N) is 1. The van der Waals surface area contributed by atoms with E-state index < -0.39 is 17.8 Å². The molecule has 0 spiro atoms. The number of hydrogen-bond acceptors (Lipinski definition) is 5. The lowest BCUT2D eigenvalue weighted by molar-refractivity contribution is -0.136. The van der Waals surface area contributed by atoms with Gasteiger partial charge in [-0.2, -0.15) is 5.10 Å². The van der Waals surface area contributed by atoms with E-state index >= 15 is 0 Å². The van der Waals surface area contributed by atoms with E-state index in [0.29, 0.717) is 27.4 Å². The molecule has 0 bridgehead atoms. The average molecular weight is 374 g/mol. The summed E-state index contributed by atoms with van der Waals surface area (Å²) in [5.74, 6) is -2.24. The molecule has 0 heterocycles. The van der Waals surface area contributed by atoms with Crippen molar-refractivity contribution in [1.29, 1.82) is 0 Å². The second-order valence-electron chi connectivity index (χ2n) is 5.18. The summed E-state index contributed by atoms with van der Waals surface area (Å²) in [4.78, 5) is 35.0. The first-order valence-corrected chi connectivity index (χ1v) is 7.88. The zero-order valence-electron chi connectivity index (χ0n) is 14.1. The smallest absolute Gasteiger partial charge is 0.337 e. The number of nitrogens with one attached hydrogen (secondary N) is 2. The van der Waals surface area contributed by atoms with E-state index in [0.717, 1.165) is 0 Å². The Kier molecular flexibility index (Phi) is 6.46. The molecule has 0 aliphatic heterocycles. The lowest BCUT2D eigenvalue weighted by Crippen LogP contribution is -2.32. The molecule has 0 unspecified atom stereocenters. The van der Waals surface area contributed by atoms with Crippen molar-refractivity contribution in [3.8, 4) is 0 Å². The average Bonchev–Trinajstić information content (AvgIpc) is 2.65. The number of carbonyl (C=O) groups excluding carboxylic acids is 3. The van der Waals surface area contributed by atoms with Crippen LogP contribution in [0.15, 0.2) is 47.6 Å². The minimum atomic E-state index is -0.924. The van der Waals surface area contributed by atoms with Gasteiger partial charge in [0.2, 0.25) is 0 Å².